The monoisotopic (exact) mass is 442 g/mol. The van der Waals surface area contributed by atoms with Crippen LogP contribution in [-0.4, -0.2) is 34.6 Å². The van der Waals surface area contributed by atoms with Gasteiger partial charge in [0.1, 0.15) is 5.75 Å². The first kappa shape index (κ1) is 21.2. The Bertz CT molecular complexity index is 1110. The topological polar surface area (TPSA) is 108 Å². The van der Waals surface area contributed by atoms with E-state index in [1.807, 2.05) is 24.3 Å². The molecular weight excluding hydrogens is 420 g/mol. The summed E-state index contributed by atoms with van der Waals surface area (Å²) in [4.78, 5) is 38.1. The zero-order chi connectivity index (χ0) is 22.1. The molecule has 0 spiro atoms. The van der Waals surface area contributed by atoms with Crippen LogP contribution in [0.25, 0.3) is 5.57 Å². The summed E-state index contributed by atoms with van der Waals surface area (Å²) in [6.45, 7) is 1.28. The Kier molecular flexibility index (Phi) is 5.87. The number of pyridine rings is 1. The number of halogens is 1. The van der Waals surface area contributed by atoms with Crippen LogP contribution in [-0.2, 0) is 9.59 Å². The number of carbonyl (C=O) groups is 2. The van der Waals surface area contributed by atoms with Crippen LogP contribution >= 0.6 is 11.6 Å². The molecule has 162 valence electrons. The van der Waals surface area contributed by atoms with Gasteiger partial charge in [0.05, 0.1) is 5.02 Å². The van der Waals surface area contributed by atoms with Crippen molar-refractivity contribution in [3.05, 3.63) is 68.1 Å². The molecule has 1 atom stereocenters. The minimum atomic E-state index is -1.09. The average molecular weight is 443 g/mol. The fraction of sp³-hybridized carbons (Fsp3) is 0.348. The number of hydrogen-bond donors (Lipinski definition) is 3. The lowest BCUT2D eigenvalue weighted by Crippen LogP contribution is -2.23. The highest BCUT2D eigenvalue weighted by atomic mass is 35.5. The number of aliphatic carboxylic acids is 1. The van der Waals surface area contributed by atoms with E-state index in [-0.39, 0.29) is 22.5 Å². The second kappa shape index (κ2) is 8.59. The van der Waals surface area contributed by atoms with Crippen LogP contribution in [0.1, 0.15) is 54.0 Å². The Hall–Kier alpha value is -3.06. The summed E-state index contributed by atoms with van der Waals surface area (Å²) in [5, 5.41) is 12.1. The Morgan fingerprint density at radius 1 is 1.26 bits per heavy atom. The van der Waals surface area contributed by atoms with E-state index in [1.54, 1.807) is 13.0 Å². The van der Waals surface area contributed by atoms with Crippen molar-refractivity contribution in [2.75, 3.05) is 6.61 Å². The standard InChI is InChI=1S/C23H23ClN2O5/c1-12-8-14(9-18(24)22(12)31-11-21(28)29)17(10-15-4-7-20(27)25-15)19-6-5-16(13-2-3-13)23(30)26-19/h5-6,8-10,13,15H,2-4,7,11H2,1H3,(H,25,27)(H,26,30)(H,28,29)/b17-10+/t15-/m1/s1. The number of rotatable bonds is 7. The molecule has 1 aromatic carbocycles. The van der Waals surface area contributed by atoms with Crippen LogP contribution in [0, 0.1) is 6.92 Å². The number of hydrogen-bond acceptors (Lipinski definition) is 4. The van der Waals surface area contributed by atoms with E-state index in [1.165, 1.54) is 0 Å². The fourth-order valence-electron chi connectivity index (χ4n) is 3.87. The van der Waals surface area contributed by atoms with E-state index in [2.05, 4.69) is 10.3 Å². The predicted molar refractivity (Wildman–Crippen MR) is 117 cm³/mol. The van der Waals surface area contributed by atoms with Gasteiger partial charge in [-0.1, -0.05) is 23.7 Å². The smallest absolute Gasteiger partial charge is 0.341 e. The van der Waals surface area contributed by atoms with Crippen molar-refractivity contribution in [3.8, 4) is 5.75 Å². The number of carboxylic acid groups (broad SMARTS) is 1. The summed E-state index contributed by atoms with van der Waals surface area (Å²) >= 11 is 6.41. The summed E-state index contributed by atoms with van der Waals surface area (Å²) < 4.78 is 5.32. The van der Waals surface area contributed by atoms with Crippen LogP contribution in [0.3, 0.4) is 0 Å². The van der Waals surface area contributed by atoms with Gasteiger partial charge in [-0.3, -0.25) is 9.59 Å². The van der Waals surface area contributed by atoms with Crippen LogP contribution in [0.2, 0.25) is 5.02 Å². The third-order valence-electron chi connectivity index (χ3n) is 5.52. The predicted octanol–water partition coefficient (Wildman–Crippen LogP) is 3.39. The molecule has 8 heteroatoms. The van der Waals surface area contributed by atoms with Crippen molar-refractivity contribution in [1.82, 2.24) is 10.3 Å². The Labute approximate surface area is 184 Å². The fourth-order valence-corrected chi connectivity index (χ4v) is 4.19. The lowest BCUT2D eigenvalue weighted by Gasteiger charge is -2.16. The third kappa shape index (κ3) is 4.82. The molecule has 1 saturated carbocycles. The second-order valence-corrected chi connectivity index (χ2v) is 8.42. The minimum absolute atomic E-state index is 0.00944. The van der Waals surface area contributed by atoms with Crippen molar-refractivity contribution < 1.29 is 19.4 Å². The van der Waals surface area contributed by atoms with Crippen molar-refractivity contribution in [1.29, 1.82) is 0 Å². The number of ether oxygens (including phenoxy) is 1. The number of aryl methyl sites for hydroxylation is 1. The first-order chi connectivity index (χ1) is 14.8. The van der Waals surface area contributed by atoms with Gasteiger partial charge in [0, 0.05) is 29.3 Å². The molecule has 2 aliphatic rings. The summed E-state index contributed by atoms with van der Waals surface area (Å²) in [6.07, 6.45) is 5.11. The normalized spacial score (nSPS) is 18.7. The van der Waals surface area contributed by atoms with Crippen molar-refractivity contribution in [3.63, 3.8) is 0 Å². The van der Waals surface area contributed by atoms with Crippen molar-refractivity contribution in [2.45, 2.75) is 44.6 Å². The maximum absolute atomic E-state index is 12.6. The van der Waals surface area contributed by atoms with Crippen LogP contribution in [0.4, 0.5) is 0 Å². The zero-order valence-electron chi connectivity index (χ0n) is 17.0. The third-order valence-corrected chi connectivity index (χ3v) is 5.80. The van der Waals surface area contributed by atoms with Gasteiger partial charge in [-0.15, -0.1) is 0 Å². The van der Waals surface area contributed by atoms with Crippen LogP contribution in [0.5, 0.6) is 5.75 Å². The Morgan fingerprint density at radius 2 is 2.03 bits per heavy atom. The van der Waals surface area contributed by atoms with E-state index in [0.717, 1.165) is 29.5 Å². The number of H-pyrrole nitrogens is 1. The summed E-state index contributed by atoms with van der Waals surface area (Å²) in [5.74, 6) is -0.462. The highest BCUT2D eigenvalue weighted by Gasteiger charge is 2.27. The number of aromatic amines is 1. The molecule has 1 aliphatic carbocycles. The van der Waals surface area contributed by atoms with Gasteiger partial charge < -0.3 is 20.1 Å². The van der Waals surface area contributed by atoms with E-state index >= 15 is 0 Å². The minimum Gasteiger partial charge on any atom is -0.480 e. The number of aromatic nitrogens is 1. The number of carbonyl (C=O) groups excluding carboxylic acids is 1. The molecule has 1 amide bonds. The van der Waals surface area contributed by atoms with Gasteiger partial charge in [-0.2, -0.15) is 0 Å². The average Bonchev–Trinajstić information content (AvgIpc) is 3.46. The summed E-state index contributed by atoms with van der Waals surface area (Å²) in [7, 11) is 0. The molecule has 4 rings (SSSR count). The number of benzene rings is 1. The quantitative estimate of drug-likeness (QED) is 0.609. The molecule has 0 unspecified atom stereocenters. The molecule has 0 radical (unpaired) electrons. The summed E-state index contributed by atoms with van der Waals surface area (Å²) in [6, 6.07) is 7.11. The van der Waals surface area contributed by atoms with Crippen molar-refractivity contribution >= 4 is 29.1 Å². The van der Waals surface area contributed by atoms with E-state index in [9.17, 15) is 14.4 Å². The lowest BCUT2D eigenvalue weighted by atomic mass is 9.96. The first-order valence-corrected chi connectivity index (χ1v) is 10.6. The van der Waals surface area contributed by atoms with Crippen LogP contribution in [0.15, 0.2) is 35.1 Å². The van der Waals surface area contributed by atoms with E-state index < -0.39 is 12.6 Å². The lowest BCUT2D eigenvalue weighted by molar-refractivity contribution is -0.139. The molecule has 1 aromatic heterocycles. The molecule has 0 bridgehead atoms. The highest BCUT2D eigenvalue weighted by molar-refractivity contribution is 6.32. The number of carboxylic acids is 1. The zero-order valence-corrected chi connectivity index (χ0v) is 17.8. The number of nitrogens with one attached hydrogen (secondary N) is 2. The van der Waals surface area contributed by atoms with Gasteiger partial charge >= 0.3 is 5.97 Å². The highest BCUT2D eigenvalue weighted by Crippen LogP contribution is 2.39. The van der Waals surface area contributed by atoms with Gasteiger partial charge in [-0.05, 0) is 61.4 Å². The molecule has 3 N–H and O–H groups in total. The van der Waals surface area contributed by atoms with Crippen molar-refractivity contribution in [2.24, 2.45) is 0 Å². The Balaban J connectivity index is 1.75. The molecule has 7 nitrogen and oxygen atoms in total. The molecule has 2 fully saturated rings. The van der Waals surface area contributed by atoms with E-state index in [4.69, 9.17) is 21.4 Å². The molecule has 31 heavy (non-hydrogen) atoms. The summed E-state index contributed by atoms with van der Waals surface area (Å²) in [5.41, 5.74) is 3.46. The molecule has 1 aliphatic heterocycles. The van der Waals surface area contributed by atoms with Gasteiger partial charge in [0.2, 0.25) is 5.91 Å². The molecular formula is C23H23ClN2O5. The van der Waals surface area contributed by atoms with Gasteiger partial charge in [0.15, 0.2) is 6.61 Å². The number of amides is 1. The largest absolute Gasteiger partial charge is 0.480 e. The maximum Gasteiger partial charge on any atom is 0.341 e. The second-order valence-electron chi connectivity index (χ2n) is 8.01. The SMILES string of the molecule is Cc1cc(/C(=C\[C@H]2CCC(=O)N2)c2ccc(C3CC3)c(=O)[nH]2)cc(Cl)c1OCC(=O)O. The van der Waals surface area contributed by atoms with E-state index in [0.29, 0.717) is 35.8 Å². The Morgan fingerprint density at radius 3 is 2.61 bits per heavy atom. The first-order valence-electron chi connectivity index (χ1n) is 10.2. The van der Waals surface area contributed by atoms with Gasteiger partial charge in [-0.25, -0.2) is 4.79 Å². The molecule has 2 aromatic rings. The molecule has 1 saturated heterocycles. The molecule has 2 heterocycles. The van der Waals surface area contributed by atoms with Crippen LogP contribution < -0.4 is 15.6 Å². The van der Waals surface area contributed by atoms with Gasteiger partial charge in [0.25, 0.3) is 5.56 Å². The maximum atomic E-state index is 12.6.